The van der Waals surface area contributed by atoms with Gasteiger partial charge in [-0.05, 0) is 62.3 Å². The number of hydrogen-bond donors (Lipinski definition) is 2. The number of benzene rings is 2. The van der Waals surface area contributed by atoms with Gasteiger partial charge in [-0.3, -0.25) is 5.43 Å². The van der Waals surface area contributed by atoms with Crippen molar-refractivity contribution in [3.63, 3.8) is 0 Å². The van der Waals surface area contributed by atoms with Crippen molar-refractivity contribution in [2.24, 2.45) is 5.10 Å². The first-order chi connectivity index (χ1) is 12.5. The lowest BCUT2D eigenvalue weighted by Crippen LogP contribution is -2.26. The molecule has 0 aliphatic rings. The number of hydrazone groups is 1. The maximum absolute atomic E-state index is 12.2. The Bertz CT molecular complexity index is 1070. The summed E-state index contributed by atoms with van der Waals surface area (Å²) in [5.74, 6) is 0. The molecule has 0 atom stereocenters. The lowest BCUT2D eigenvalue weighted by atomic mass is 10.1. The van der Waals surface area contributed by atoms with Gasteiger partial charge in [-0.25, -0.2) is 4.79 Å². The van der Waals surface area contributed by atoms with Crippen molar-refractivity contribution >= 4 is 39.7 Å². The molecule has 0 radical (unpaired) electrons. The van der Waals surface area contributed by atoms with Gasteiger partial charge in [0, 0.05) is 11.1 Å². The van der Waals surface area contributed by atoms with E-state index >= 15 is 0 Å². The maximum Gasteiger partial charge on any atom is 0.345 e. The van der Waals surface area contributed by atoms with E-state index in [1.807, 2.05) is 50.2 Å². The van der Waals surface area contributed by atoms with Gasteiger partial charge in [0.25, 0.3) is 0 Å². The number of rotatable bonds is 3. The fourth-order valence-electron chi connectivity index (χ4n) is 2.55. The molecule has 5 nitrogen and oxygen atoms in total. The molecule has 3 aromatic rings. The monoisotopic (exact) mass is 365 g/mol. The second-order valence-corrected chi connectivity index (χ2v) is 6.40. The fourth-order valence-corrected chi connectivity index (χ4v) is 2.70. The van der Waals surface area contributed by atoms with Gasteiger partial charge in [0.05, 0.1) is 11.3 Å². The van der Waals surface area contributed by atoms with Gasteiger partial charge in [-0.15, -0.1) is 0 Å². The molecular weight excluding hydrogens is 346 g/mol. The molecule has 26 heavy (non-hydrogen) atoms. The van der Waals surface area contributed by atoms with Crippen LogP contribution in [0.3, 0.4) is 0 Å². The van der Waals surface area contributed by atoms with Gasteiger partial charge in [-0.2, -0.15) is 5.10 Å². The Morgan fingerprint density at radius 2 is 1.88 bits per heavy atom. The molecule has 2 N–H and O–H groups in total. The Balaban J connectivity index is 1.78. The zero-order valence-electron chi connectivity index (χ0n) is 14.8. The summed E-state index contributed by atoms with van der Waals surface area (Å²) in [5.41, 5.74) is 7.00. The van der Waals surface area contributed by atoms with E-state index in [0.29, 0.717) is 22.0 Å². The van der Waals surface area contributed by atoms with Crippen LogP contribution in [0.2, 0.25) is 0 Å². The molecule has 0 saturated carbocycles. The molecule has 0 aliphatic carbocycles. The zero-order chi connectivity index (χ0) is 18.7. The number of nitrogens with one attached hydrogen (secondary N) is 2. The van der Waals surface area contributed by atoms with Gasteiger partial charge in [0.1, 0.15) is 5.58 Å². The van der Waals surface area contributed by atoms with Gasteiger partial charge in [0.15, 0.2) is 5.11 Å². The summed E-state index contributed by atoms with van der Waals surface area (Å²) in [6, 6.07) is 15.1. The van der Waals surface area contributed by atoms with Crippen LogP contribution in [-0.4, -0.2) is 10.8 Å². The van der Waals surface area contributed by atoms with E-state index in [-0.39, 0.29) is 0 Å². The van der Waals surface area contributed by atoms with Gasteiger partial charge in [-0.1, -0.05) is 30.3 Å². The Hall–Kier alpha value is -2.99. The number of nitrogens with zero attached hydrogens (tertiary/aromatic N) is 1. The lowest BCUT2D eigenvalue weighted by Gasteiger charge is -2.12. The predicted octanol–water partition coefficient (Wildman–Crippen LogP) is 4.12. The van der Waals surface area contributed by atoms with E-state index in [1.54, 1.807) is 19.1 Å². The number of fused-ring (bicyclic) bond motifs is 1. The van der Waals surface area contributed by atoms with Crippen molar-refractivity contribution in [3.8, 4) is 0 Å². The van der Waals surface area contributed by atoms with Crippen LogP contribution in [0.5, 0.6) is 0 Å². The maximum atomic E-state index is 12.2. The molecule has 132 valence electrons. The molecule has 0 aliphatic heterocycles. The highest BCUT2D eigenvalue weighted by Gasteiger charge is 2.09. The Morgan fingerprint density at radius 3 is 2.69 bits per heavy atom. The van der Waals surface area contributed by atoms with E-state index in [1.165, 1.54) is 5.56 Å². The molecule has 0 spiro atoms. The highest BCUT2D eigenvalue weighted by Crippen LogP contribution is 2.17. The highest BCUT2D eigenvalue weighted by atomic mass is 32.1. The molecule has 1 heterocycles. The minimum atomic E-state index is -0.430. The van der Waals surface area contributed by atoms with Gasteiger partial charge in [0.2, 0.25) is 0 Å². The number of hydrogen-bond acceptors (Lipinski definition) is 4. The van der Waals surface area contributed by atoms with E-state index in [4.69, 9.17) is 16.6 Å². The largest absolute Gasteiger partial charge is 0.422 e. The second-order valence-electron chi connectivity index (χ2n) is 6.00. The minimum absolute atomic E-state index is 0.350. The molecule has 2 aromatic carbocycles. The van der Waals surface area contributed by atoms with Gasteiger partial charge < -0.3 is 9.73 Å². The Labute approximate surface area is 156 Å². The molecular formula is C20H19N3O2S. The lowest BCUT2D eigenvalue weighted by molar-refractivity contribution is 0.559. The molecule has 0 bridgehead atoms. The number of aryl methyl sites for hydroxylation is 1. The number of para-hydroxylation sites is 1. The fraction of sp³-hybridized carbons (Fsp3) is 0.150. The van der Waals surface area contributed by atoms with Crippen LogP contribution in [0, 0.1) is 13.8 Å². The quantitative estimate of drug-likeness (QED) is 0.316. The van der Waals surface area contributed by atoms with Crippen molar-refractivity contribution in [2.75, 3.05) is 5.32 Å². The summed E-state index contributed by atoms with van der Waals surface area (Å²) in [6.07, 6.45) is 0. The third-order valence-corrected chi connectivity index (χ3v) is 4.40. The minimum Gasteiger partial charge on any atom is -0.422 e. The van der Waals surface area contributed by atoms with Crippen LogP contribution in [0.15, 0.2) is 62.8 Å². The molecule has 1 aromatic heterocycles. The highest BCUT2D eigenvalue weighted by molar-refractivity contribution is 7.80. The summed E-state index contributed by atoms with van der Waals surface area (Å²) < 4.78 is 5.33. The van der Waals surface area contributed by atoms with Crippen LogP contribution < -0.4 is 16.4 Å². The first kappa shape index (κ1) is 17.8. The van der Waals surface area contributed by atoms with E-state index in [9.17, 15) is 4.79 Å². The molecule has 3 rings (SSSR count). The first-order valence-corrected chi connectivity index (χ1v) is 8.57. The zero-order valence-corrected chi connectivity index (χ0v) is 15.6. The van der Waals surface area contributed by atoms with Crippen molar-refractivity contribution in [1.29, 1.82) is 0 Å². The van der Waals surface area contributed by atoms with Crippen LogP contribution in [0.4, 0.5) is 5.69 Å². The summed E-state index contributed by atoms with van der Waals surface area (Å²) in [5, 5.41) is 8.52. The normalized spacial score (nSPS) is 11.4. The topological polar surface area (TPSA) is 66.6 Å². The third kappa shape index (κ3) is 3.81. The summed E-state index contributed by atoms with van der Waals surface area (Å²) in [6.45, 7) is 5.79. The molecule has 0 amide bonds. The van der Waals surface area contributed by atoms with Crippen LogP contribution in [0.1, 0.15) is 23.6 Å². The van der Waals surface area contributed by atoms with Crippen molar-refractivity contribution in [3.05, 3.63) is 75.6 Å². The van der Waals surface area contributed by atoms with Crippen LogP contribution >= 0.6 is 12.2 Å². The second kappa shape index (κ2) is 7.49. The smallest absolute Gasteiger partial charge is 0.345 e. The van der Waals surface area contributed by atoms with E-state index in [2.05, 4.69) is 15.8 Å². The van der Waals surface area contributed by atoms with Crippen molar-refractivity contribution in [2.45, 2.75) is 20.8 Å². The average molecular weight is 365 g/mol. The van der Waals surface area contributed by atoms with Crippen LogP contribution in [0.25, 0.3) is 11.0 Å². The molecule has 0 unspecified atom stereocenters. The van der Waals surface area contributed by atoms with Crippen LogP contribution in [-0.2, 0) is 0 Å². The molecule has 0 fully saturated rings. The first-order valence-electron chi connectivity index (χ1n) is 8.16. The van der Waals surface area contributed by atoms with E-state index in [0.717, 1.165) is 16.6 Å². The molecule has 6 heteroatoms. The number of anilines is 1. The standard InChI is InChI=1S/C20H19N3O2S/c1-12-7-6-9-17(13(12)2)21-20(26)23-22-14(3)16-11-15-8-4-5-10-18(15)25-19(16)24/h4-11H,1-3H3,(H2,21,23,26). The summed E-state index contributed by atoms with van der Waals surface area (Å²) in [7, 11) is 0. The van der Waals surface area contributed by atoms with E-state index < -0.39 is 5.63 Å². The Morgan fingerprint density at radius 1 is 1.12 bits per heavy atom. The average Bonchev–Trinajstić information content (AvgIpc) is 2.63. The molecule has 0 saturated heterocycles. The van der Waals surface area contributed by atoms with Crippen molar-refractivity contribution in [1.82, 2.24) is 5.43 Å². The summed E-state index contributed by atoms with van der Waals surface area (Å²) in [4.78, 5) is 12.2. The summed E-state index contributed by atoms with van der Waals surface area (Å²) >= 11 is 5.29. The number of thiocarbonyl (C=S) groups is 1. The third-order valence-electron chi connectivity index (χ3n) is 4.21. The SMILES string of the molecule is CC(=NNC(=S)Nc1cccc(C)c1C)c1cc2ccccc2oc1=O. The van der Waals surface area contributed by atoms with Gasteiger partial charge >= 0.3 is 5.63 Å². The van der Waals surface area contributed by atoms with Crippen molar-refractivity contribution < 1.29 is 4.42 Å². The predicted molar refractivity (Wildman–Crippen MR) is 110 cm³/mol. The Kier molecular flexibility index (Phi) is 5.14.